The van der Waals surface area contributed by atoms with Crippen LogP contribution >= 0.6 is 11.8 Å². The van der Waals surface area contributed by atoms with Crippen LogP contribution in [0.3, 0.4) is 0 Å². The molecule has 0 bridgehead atoms. The average molecular weight is 558 g/mol. The molecule has 5 atom stereocenters. The average Bonchev–Trinajstić information content (AvgIpc) is 3.54. The molecule has 0 radical (unpaired) electrons. The number of amides is 1. The van der Waals surface area contributed by atoms with Crippen LogP contribution in [0.25, 0.3) is 11.1 Å². The summed E-state index contributed by atoms with van der Waals surface area (Å²) in [5, 5.41) is 2.69. The van der Waals surface area contributed by atoms with Crippen molar-refractivity contribution in [2.24, 2.45) is 0 Å². The molecule has 2 saturated heterocycles. The van der Waals surface area contributed by atoms with Gasteiger partial charge in [0.1, 0.15) is 24.9 Å². The van der Waals surface area contributed by atoms with E-state index in [4.69, 9.17) is 28.4 Å². The fourth-order valence-electron chi connectivity index (χ4n) is 5.54. The molecule has 1 aliphatic carbocycles. The lowest BCUT2D eigenvalue weighted by Gasteiger charge is -2.23. The third kappa shape index (κ3) is 5.95. The number of thioether (sulfide) groups is 1. The molecule has 2 aromatic carbocycles. The molecule has 1 amide bonds. The molecule has 5 rings (SSSR count). The molecule has 2 fully saturated rings. The van der Waals surface area contributed by atoms with Crippen molar-refractivity contribution in [2.75, 3.05) is 32.3 Å². The van der Waals surface area contributed by atoms with Gasteiger partial charge in [0.15, 0.2) is 12.1 Å². The van der Waals surface area contributed by atoms with Crippen LogP contribution in [0.1, 0.15) is 37.3 Å². The number of hydrogen-bond acceptors (Lipinski definition) is 9. The van der Waals surface area contributed by atoms with Gasteiger partial charge in [-0.05, 0) is 48.3 Å². The van der Waals surface area contributed by atoms with Gasteiger partial charge in [-0.25, -0.2) is 9.59 Å². The van der Waals surface area contributed by atoms with E-state index in [1.165, 1.54) is 7.11 Å². The fourth-order valence-corrected chi connectivity index (χ4v) is 6.61. The van der Waals surface area contributed by atoms with Crippen LogP contribution in [-0.2, 0) is 33.2 Å². The maximum Gasteiger partial charge on any atom is 0.407 e. The summed E-state index contributed by atoms with van der Waals surface area (Å²) in [6.45, 7) is 3.92. The number of carbonyl (C=O) groups is 2. The molecule has 210 valence electrons. The highest BCUT2D eigenvalue weighted by molar-refractivity contribution is 7.99. The number of esters is 1. The number of benzene rings is 2. The Hall–Kier alpha value is -2.63. The zero-order valence-electron chi connectivity index (χ0n) is 22.6. The molecule has 9 nitrogen and oxygen atoms in total. The highest BCUT2D eigenvalue weighted by atomic mass is 32.2. The number of hydrogen-bond donors (Lipinski definition) is 1. The molecule has 1 N–H and O–H groups in total. The topological polar surface area (TPSA) is 102 Å². The number of ether oxygens (including phenoxy) is 6. The smallest absolute Gasteiger partial charge is 0.407 e. The zero-order valence-corrected chi connectivity index (χ0v) is 23.4. The van der Waals surface area contributed by atoms with Crippen molar-refractivity contribution in [3.63, 3.8) is 0 Å². The lowest BCUT2D eigenvalue weighted by molar-refractivity contribution is -0.224. The van der Waals surface area contributed by atoms with E-state index in [9.17, 15) is 9.59 Å². The van der Waals surface area contributed by atoms with Gasteiger partial charge in [-0.3, -0.25) is 0 Å². The Bertz CT molecular complexity index is 1140. The Morgan fingerprint density at radius 3 is 2.28 bits per heavy atom. The van der Waals surface area contributed by atoms with Gasteiger partial charge in [0.2, 0.25) is 0 Å². The lowest BCUT2D eigenvalue weighted by atomic mass is 9.98. The van der Waals surface area contributed by atoms with Gasteiger partial charge in [-0.2, -0.15) is 11.8 Å². The van der Waals surface area contributed by atoms with Gasteiger partial charge in [0.25, 0.3) is 0 Å². The number of methoxy groups -OCH3 is 2. The Kier molecular flexibility index (Phi) is 8.49. The van der Waals surface area contributed by atoms with Crippen molar-refractivity contribution in [3.8, 4) is 11.1 Å². The molecule has 2 heterocycles. The predicted molar refractivity (Wildman–Crippen MR) is 145 cm³/mol. The van der Waals surface area contributed by atoms with E-state index < -0.39 is 30.2 Å². The summed E-state index contributed by atoms with van der Waals surface area (Å²) in [6.07, 6.45) is -1.49. The van der Waals surface area contributed by atoms with E-state index in [1.54, 1.807) is 18.9 Å². The van der Waals surface area contributed by atoms with Crippen LogP contribution in [0.15, 0.2) is 48.5 Å². The van der Waals surface area contributed by atoms with Crippen LogP contribution in [0.4, 0.5) is 4.79 Å². The normalized spacial score (nSPS) is 25.4. The summed E-state index contributed by atoms with van der Waals surface area (Å²) >= 11 is 1.60. The summed E-state index contributed by atoms with van der Waals surface area (Å²) < 4.78 is 33.9. The van der Waals surface area contributed by atoms with Crippen molar-refractivity contribution in [2.45, 2.75) is 62.6 Å². The third-order valence-electron chi connectivity index (χ3n) is 7.29. The summed E-state index contributed by atoms with van der Waals surface area (Å²) in [4.78, 5) is 25.1. The predicted octanol–water partition coefficient (Wildman–Crippen LogP) is 4.08. The minimum atomic E-state index is -0.827. The SMILES string of the molecule is COC(=O)C(CCSC[C@H]1O[C@@H](OC)[C@@H]2OC(C)(C)O[C@@H]21)NC(=O)OCC1c2ccccc2-c2ccccc21. The second-order valence-corrected chi connectivity index (χ2v) is 11.4. The number of nitrogens with one attached hydrogen (secondary N) is 1. The first-order valence-electron chi connectivity index (χ1n) is 13.1. The van der Waals surface area contributed by atoms with E-state index in [0.717, 1.165) is 22.3 Å². The van der Waals surface area contributed by atoms with Gasteiger partial charge in [0.05, 0.1) is 13.2 Å². The molecule has 0 spiro atoms. The number of alkyl carbamates (subject to hydrolysis) is 1. The van der Waals surface area contributed by atoms with Crippen LogP contribution in [0.2, 0.25) is 0 Å². The highest BCUT2D eigenvalue weighted by Gasteiger charge is 2.55. The summed E-state index contributed by atoms with van der Waals surface area (Å²) in [7, 11) is 2.89. The van der Waals surface area contributed by atoms with Crippen molar-refractivity contribution in [3.05, 3.63) is 59.7 Å². The van der Waals surface area contributed by atoms with Crippen LogP contribution < -0.4 is 5.32 Å². The molecule has 0 aromatic heterocycles. The molecule has 39 heavy (non-hydrogen) atoms. The Labute approximate surface area is 232 Å². The summed E-state index contributed by atoms with van der Waals surface area (Å²) in [6, 6.07) is 15.4. The molecule has 1 unspecified atom stereocenters. The number of fused-ring (bicyclic) bond motifs is 4. The lowest BCUT2D eigenvalue weighted by Crippen LogP contribution is -2.42. The Morgan fingerprint density at radius 2 is 1.64 bits per heavy atom. The first-order chi connectivity index (χ1) is 18.8. The second kappa shape index (κ2) is 11.9. The Morgan fingerprint density at radius 1 is 1.00 bits per heavy atom. The van der Waals surface area contributed by atoms with Gasteiger partial charge >= 0.3 is 12.1 Å². The van der Waals surface area contributed by atoms with Gasteiger partial charge in [-0.1, -0.05) is 48.5 Å². The second-order valence-electron chi connectivity index (χ2n) is 10.3. The van der Waals surface area contributed by atoms with E-state index in [0.29, 0.717) is 17.9 Å². The molecule has 10 heteroatoms. The first-order valence-corrected chi connectivity index (χ1v) is 14.3. The van der Waals surface area contributed by atoms with Gasteiger partial charge in [0, 0.05) is 18.8 Å². The standard InChI is InChI=1S/C29H35NO8S/c1-29(2)37-24-23(36-27(34-4)25(24)38-29)16-39-14-13-22(26(31)33-3)30-28(32)35-15-21-19-11-7-5-9-17(19)18-10-6-8-12-20(18)21/h5-12,21-25,27H,13-16H2,1-4H3,(H,30,32)/t22?,23-,24-,25-,27-/m1/s1. The van der Waals surface area contributed by atoms with E-state index in [2.05, 4.69) is 29.6 Å². The van der Waals surface area contributed by atoms with Gasteiger partial charge in [-0.15, -0.1) is 0 Å². The summed E-state index contributed by atoms with van der Waals surface area (Å²) in [5.41, 5.74) is 4.55. The maximum atomic E-state index is 12.7. The Balaban J connectivity index is 1.12. The number of carbonyl (C=O) groups excluding carboxylic acids is 2. The largest absolute Gasteiger partial charge is 0.467 e. The maximum absolute atomic E-state index is 12.7. The molecular formula is C29H35NO8S. The van der Waals surface area contributed by atoms with Crippen molar-refractivity contribution in [1.29, 1.82) is 0 Å². The van der Waals surface area contributed by atoms with Crippen LogP contribution in [0.5, 0.6) is 0 Å². The molecule has 2 aliphatic heterocycles. The molecule has 2 aromatic rings. The number of rotatable bonds is 10. The first kappa shape index (κ1) is 27.9. The minimum absolute atomic E-state index is 0.0618. The summed E-state index contributed by atoms with van der Waals surface area (Å²) in [5.74, 6) is -0.0629. The molecule has 3 aliphatic rings. The van der Waals surface area contributed by atoms with Crippen LogP contribution in [-0.4, -0.2) is 80.8 Å². The molecular weight excluding hydrogens is 522 g/mol. The van der Waals surface area contributed by atoms with Crippen molar-refractivity contribution in [1.82, 2.24) is 5.32 Å². The van der Waals surface area contributed by atoms with Crippen LogP contribution in [0, 0.1) is 0 Å². The van der Waals surface area contributed by atoms with Crippen molar-refractivity contribution < 1.29 is 38.0 Å². The zero-order chi connectivity index (χ0) is 27.6. The molecule has 0 saturated carbocycles. The monoisotopic (exact) mass is 557 g/mol. The van der Waals surface area contributed by atoms with E-state index >= 15 is 0 Å². The van der Waals surface area contributed by atoms with E-state index in [-0.39, 0.29) is 30.8 Å². The van der Waals surface area contributed by atoms with Gasteiger partial charge < -0.3 is 33.7 Å². The quantitative estimate of drug-likeness (QED) is 0.342. The van der Waals surface area contributed by atoms with Crippen molar-refractivity contribution >= 4 is 23.8 Å². The minimum Gasteiger partial charge on any atom is -0.467 e. The highest BCUT2D eigenvalue weighted by Crippen LogP contribution is 2.44. The fraction of sp³-hybridized carbons (Fsp3) is 0.517. The third-order valence-corrected chi connectivity index (χ3v) is 8.38. The van der Waals surface area contributed by atoms with E-state index in [1.807, 2.05) is 38.1 Å².